The summed E-state index contributed by atoms with van der Waals surface area (Å²) in [7, 11) is 0. The third-order valence-corrected chi connectivity index (χ3v) is 7.64. The predicted octanol–water partition coefficient (Wildman–Crippen LogP) is 3.34. The van der Waals surface area contributed by atoms with E-state index in [-0.39, 0.29) is 11.3 Å². The van der Waals surface area contributed by atoms with Gasteiger partial charge in [-0.3, -0.25) is 4.79 Å². The molecule has 202 valence electrons. The lowest BCUT2D eigenvalue weighted by Crippen LogP contribution is -2.50. The molecule has 1 aliphatic carbocycles. The molecule has 0 bridgehead atoms. The van der Waals surface area contributed by atoms with Gasteiger partial charge in [0.05, 0.1) is 22.8 Å². The van der Waals surface area contributed by atoms with Gasteiger partial charge in [-0.15, -0.1) is 0 Å². The molecule has 0 radical (unpaired) electrons. The fourth-order valence-corrected chi connectivity index (χ4v) is 4.93. The van der Waals surface area contributed by atoms with E-state index in [4.69, 9.17) is 32.8 Å². The Morgan fingerprint density at radius 1 is 1.16 bits per heavy atom. The zero-order valence-electron chi connectivity index (χ0n) is 21.9. The lowest BCUT2D eigenvalue weighted by atomic mass is 9.90. The molecule has 2 fully saturated rings. The topological polar surface area (TPSA) is 140 Å². The highest BCUT2D eigenvalue weighted by Crippen LogP contribution is 2.30. The Kier molecular flexibility index (Phi) is 9.03. The highest BCUT2D eigenvalue weighted by Gasteiger charge is 2.28. The summed E-state index contributed by atoms with van der Waals surface area (Å²) in [4.78, 5) is 21.4. The molecular formula is C27H40ClN7O2. The number of nitrogens with zero attached hydrogens (tertiary/aromatic N) is 2. The molecule has 2 aromatic heterocycles. The monoisotopic (exact) mass is 529 g/mol. The summed E-state index contributed by atoms with van der Waals surface area (Å²) in [5.41, 5.74) is 12.9. The Hall–Kier alpha value is -2.30. The molecule has 1 aliphatic heterocycles. The van der Waals surface area contributed by atoms with E-state index in [1.165, 1.54) is 0 Å². The molecule has 9 nitrogen and oxygen atoms in total. The van der Waals surface area contributed by atoms with Crippen molar-refractivity contribution in [2.45, 2.75) is 75.5 Å². The van der Waals surface area contributed by atoms with Crippen LogP contribution in [0.2, 0.25) is 5.02 Å². The molecular weight excluding hydrogens is 490 g/mol. The van der Waals surface area contributed by atoms with E-state index in [2.05, 4.69) is 20.9 Å². The smallest absolute Gasteiger partial charge is 0.165 e. The average molecular weight is 530 g/mol. The van der Waals surface area contributed by atoms with Crippen LogP contribution in [0.25, 0.3) is 11.3 Å². The standard InChI is InChI=1S/C27H40ClN7O2/c1-26(2,29)23(36)16-31-18-6-8-19(9-7-18)34-25-14-20(21(28)15-32-25)22-4-3-5-24(35-22)33-17-27(30)10-12-37-13-11-27/h3-5,14-15,18-19,31H,6-13,16-17,29-30H2,1-2H3,(H,32,34)(H,33,35). The first-order valence-corrected chi connectivity index (χ1v) is 13.5. The van der Waals surface area contributed by atoms with Crippen LogP contribution in [0.1, 0.15) is 52.4 Å². The number of pyridine rings is 2. The second kappa shape index (κ2) is 12.0. The number of rotatable bonds is 10. The number of carbonyl (C=O) groups is 1. The third-order valence-electron chi connectivity index (χ3n) is 7.34. The van der Waals surface area contributed by atoms with Crippen LogP contribution >= 0.6 is 11.6 Å². The van der Waals surface area contributed by atoms with Crippen LogP contribution in [0, 0.1) is 0 Å². The van der Waals surface area contributed by atoms with E-state index < -0.39 is 5.54 Å². The molecule has 37 heavy (non-hydrogen) atoms. The van der Waals surface area contributed by atoms with Crippen LogP contribution in [-0.2, 0) is 9.53 Å². The molecule has 2 aromatic rings. The van der Waals surface area contributed by atoms with Gasteiger partial charge in [-0.25, -0.2) is 9.97 Å². The Bertz CT molecular complexity index is 1060. The fourth-order valence-electron chi connectivity index (χ4n) is 4.73. The molecule has 1 saturated heterocycles. The minimum Gasteiger partial charge on any atom is -0.381 e. The number of ether oxygens (including phenoxy) is 1. The first-order valence-electron chi connectivity index (χ1n) is 13.2. The van der Waals surface area contributed by atoms with Crippen LogP contribution in [-0.4, -0.2) is 65.2 Å². The van der Waals surface area contributed by atoms with E-state index in [1.807, 2.05) is 24.3 Å². The molecule has 0 unspecified atom stereocenters. The van der Waals surface area contributed by atoms with Crippen molar-refractivity contribution in [3.63, 3.8) is 0 Å². The molecule has 10 heteroatoms. The first kappa shape index (κ1) is 27.7. The molecule has 0 aromatic carbocycles. The fraction of sp³-hybridized carbons (Fsp3) is 0.593. The average Bonchev–Trinajstić information content (AvgIpc) is 2.88. The molecule has 1 saturated carbocycles. The van der Waals surface area contributed by atoms with Crippen molar-refractivity contribution < 1.29 is 9.53 Å². The number of carbonyl (C=O) groups excluding carboxylic acids is 1. The largest absolute Gasteiger partial charge is 0.381 e. The van der Waals surface area contributed by atoms with Crippen LogP contribution in [0.4, 0.5) is 11.6 Å². The van der Waals surface area contributed by atoms with E-state index in [1.54, 1.807) is 20.0 Å². The van der Waals surface area contributed by atoms with Gasteiger partial charge in [-0.2, -0.15) is 0 Å². The number of hydrogen-bond donors (Lipinski definition) is 5. The summed E-state index contributed by atoms with van der Waals surface area (Å²) in [5, 5.41) is 10.9. The summed E-state index contributed by atoms with van der Waals surface area (Å²) >= 11 is 6.53. The highest BCUT2D eigenvalue weighted by atomic mass is 35.5. The van der Waals surface area contributed by atoms with Crippen LogP contribution in [0.15, 0.2) is 30.5 Å². The molecule has 0 spiro atoms. The Balaban J connectivity index is 1.33. The summed E-state index contributed by atoms with van der Waals surface area (Å²) < 4.78 is 5.44. The summed E-state index contributed by atoms with van der Waals surface area (Å²) in [5.74, 6) is 1.57. The first-order chi connectivity index (χ1) is 17.6. The van der Waals surface area contributed by atoms with Crippen molar-refractivity contribution in [1.82, 2.24) is 15.3 Å². The molecule has 2 aliphatic rings. The SMILES string of the molecule is CC(C)(N)C(=O)CNC1CCC(Nc2cc(-c3cccc(NCC4(N)CCOCC4)n3)c(Cl)cn2)CC1. The summed E-state index contributed by atoms with van der Waals surface area (Å²) in [6.45, 7) is 5.83. The van der Waals surface area contributed by atoms with Crippen molar-refractivity contribution in [2.75, 3.05) is 36.9 Å². The van der Waals surface area contributed by atoms with Crippen molar-refractivity contribution in [1.29, 1.82) is 0 Å². The quantitative estimate of drug-likeness (QED) is 0.313. The molecule has 4 rings (SSSR count). The Morgan fingerprint density at radius 3 is 2.57 bits per heavy atom. The van der Waals surface area contributed by atoms with Crippen molar-refractivity contribution >= 4 is 29.0 Å². The Morgan fingerprint density at radius 2 is 1.86 bits per heavy atom. The number of Topliss-reactive ketones (excluding diaryl/α,β-unsaturated/α-hetero) is 1. The van der Waals surface area contributed by atoms with Gasteiger partial charge in [0.25, 0.3) is 0 Å². The molecule has 0 amide bonds. The zero-order valence-corrected chi connectivity index (χ0v) is 22.6. The molecule has 0 atom stereocenters. The van der Waals surface area contributed by atoms with Crippen LogP contribution in [0.3, 0.4) is 0 Å². The maximum atomic E-state index is 12.1. The number of ketones is 1. The minimum atomic E-state index is -0.800. The molecule has 7 N–H and O–H groups in total. The number of hydrogen-bond acceptors (Lipinski definition) is 9. The lowest BCUT2D eigenvalue weighted by molar-refractivity contribution is -0.122. The van der Waals surface area contributed by atoms with E-state index in [0.717, 1.165) is 61.4 Å². The van der Waals surface area contributed by atoms with Gasteiger partial charge in [0.2, 0.25) is 0 Å². The maximum Gasteiger partial charge on any atom is 0.165 e. The molecule has 3 heterocycles. The van der Waals surface area contributed by atoms with Gasteiger partial charge in [-0.1, -0.05) is 17.7 Å². The van der Waals surface area contributed by atoms with Gasteiger partial charge in [0.1, 0.15) is 11.6 Å². The predicted molar refractivity (Wildman–Crippen MR) is 149 cm³/mol. The second-order valence-electron chi connectivity index (χ2n) is 11.0. The van der Waals surface area contributed by atoms with Gasteiger partial charge in [0, 0.05) is 49.1 Å². The number of nitrogens with two attached hydrogens (primary N) is 2. The number of anilines is 2. The highest BCUT2D eigenvalue weighted by molar-refractivity contribution is 6.33. The Labute approximate surface area is 224 Å². The number of halogens is 1. The van der Waals surface area contributed by atoms with Crippen molar-refractivity contribution in [3.05, 3.63) is 35.5 Å². The minimum absolute atomic E-state index is 0.0321. The van der Waals surface area contributed by atoms with Crippen LogP contribution in [0.5, 0.6) is 0 Å². The van der Waals surface area contributed by atoms with Crippen molar-refractivity contribution in [2.24, 2.45) is 11.5 Å². The number of aromatic nitrogens is 2. The maximum absolute atomic E-state index is 12.1. The van der Waals surface area contributed by atoms with Crippen LogP contribution < -0.4 is 27.4 Å². The van der Waals surface area contributed by atoms with E-state index >= 15 is 0 Å². The van der Waals surface area contributed by atoms with E-state index in [9.17, 15) is 4.79 Å². The number of nitrogens with one attached hydrogen (secondary N) is 3. The van der Waals surface area contributed by atoms with E-state index in [0.29, 0.717) is 43.4 Å². The summed E-state index contributed by atoms with van der Waals surface area (Å²) in [6, 6.07) is 8.45. The van der Waals surface area contributed by atoms with Gasteiger partial charge < -0.3 is 32.2 Å². The lowest BCUT2D eigenvalue weighted by Gasteiger charge is -2.33. The normalized spacial score (nSPS) is 21.9. The summed E-state index contributed by atoms with van der Waals surface area (Å²) in [6.07, 6.45) is 7.27. The van der Waals surface area contributed by atoms with Crippen molar-refractivity contribution in [3.8, 4) is 11.3 Å². The van der Waals surface area contributed by atoms with Gasteiger partial charge >= 0.3 is 0 Å². The third kappa shape index (κ3) is 7.85. The van der Waals surface area contributed by atoms with Gasteiger partial charge in [0.15, 0.2) is 5.78 Å². The second-order valence-corrected chi connectivity index (χ2v) is 11.4. The zero-order chi connectivity index (χ0) is 26.5. The van der Waals surface area contributed by atoms with Gasteiger partial charge in [-0.05, 0) is 70.6 Å².